The van der Waals surface area contributed by atoms with Crippen molar-refractivity contribution in [2.24, 2.45) is 0 Å². The lowest BCUT2D eigenvalue weighted by Crippen LogP contribution is -2.42. The third kappa shape index (κ3) is 3.63. The van der Waals surface area contributed by atoms with Crippen LogP contribution in [0.1, 0.15) is 28.9 Å². The average molecular weight is 330 g/mol. The molecule has 2 heterocycles. The number of nitrogens with zero attached hydrogens (tertiary/aromatic N) is 3. The minimum Gasteiger partial charge on any atom is -0.384 e. The molecule has 3 rings (SSSR count). The fraction of sp³-hybridized carbons (Fsp3) is 0.471. The van der Waals surface area contributed by atoms with Crippen LogP contribution in [0.25, 0.3) is 0 Å². The van der Waals surface area contributed by atoms with Gasteiger partial charge >= 0.3 is 0 Å². The molecule has 7 nitrogen and oxygen atoms in total. The second-order valence-electron chi connectivity index (χ2n) is 5.88. The highest BCUT2D eigenvalue weighted by Gasteiger charge is 2.28. The van der Waals surface area contributed by atoms with Gasteiger partial charge in [0.25, 0.3) is 0 Å². The Kier molecular flexibility index (Phi) is 5.22. The van der Waals surface area contributed by atoms with Gasteiger partial charge in [0.15, 0.2) is 5.82 Å². The van der Waals surface area contributed by atoms with Crippen molar-refractivity contribution in [1.29, 1.82) is 0 Å². The maximum absolute atomic E-state index is 12.8. The van der Waals surface area contributed by atoms with Gasteiger partial charge in [-0.15, -0.1) is 0 Å². The first-order chi connectivity index (χ1) is 11.7. The van der Waals surface area contributed by atoms with E-state index >= 15 is 0 Å². The molecule has 0 bridgehead atoms. The minimum absolute atomic E-state index is 0.00112. The molecule has 1 aliphatic heterocycles. The smallest absolute Gasteiger partial charge is 0.246 e. The molecule has 0 radical (unpaired) electrons. The Hall–Kier alpha value is -2.25. The van der Waals surface area contributed by atoms with Crippen molar-refractivity contribution >= 4 is 5.91 Å². The van der Waals surface area contributed by atoms with Crippen molar-refractivity contribution in [2.75, 3.05) is 27.3 Å². The number of fused-ring (bicyclic) bond motifs is 1. The van der Waals surface area contributed by atoms with Gasteiger partial charge in [0.2, 0.25) is 11.8 Å². The number of ether oxygens (including phenoxy) is 1. The molecule has 7 heteroatoms. The van der Waals surface area contributed by atoms with Crippen molar-refractivity contribution in [2.45, 2.75) is 25.4 Å². The molecule has 2 aromatic rings. The largest absolute Gasteiger partial charge is 0.384 e. The summed E-state index contributed by atoms with van der Waals surface area (Å²) in [5.74, 6) is 1.02. The predicted octanol–water partition coefficient (Wildman–Crippen LogP) is 1.10. The SMILES string of the molecule is COCCc1noc(CN(C)C(=O)[C@@H]2NCCc3ccccc32)n1. The Morgan fingerprint density at radius 1 is 1.46 bits per heavy atom. The summed E-state index contributed by atoms with van der Waals surface area (Å²) in [6.07, 6.45) is 1.53. The van der Waals surface area contributed by atoms with E-state index in [4.69, 9.17) is 9.26 Å². The molecule has 24 heavy (non-hydrogen) atoms. The van der Waals surface area contributed by atoms with Gasteiger partial charge in [-0.3, -0.25) is 4.79 Å². The summed E-state index contributed by atoms with van der Waals surface area (Å²) in [5, 5.41) is 7.20. The molecule has 1 aromatic carbocycles. The van der Waals surface area contributed by atoms with Crippen LogP contribution < -0.4 is 5.32 Å². The number of hydrogen-bond acceptors (Lipinski definition) is 6. The van der Waals surface area contributed by atoms with E-state index in [9.17, 15) is 4.79 Å². The lowest BCUT2D eigenvalue weighted by molar-refractivity contribution is -0.133. The monoisotopic (exact) mass is 330 g/mol. The summed E-state index contributed by atoms with van der Waals surface area (Å²) in [6, 6.07) is 7.74. The number of carbonyl (C=O) groups is 1. The number of benzene rings is 1. The van der Waals surface area contributed by atoms with Crippen molar-refractivity contribution < 1.29 is 14.1 Å². The first-order valence-electron chi connectivity index (χ1n) is 8.05. The molecular weight excluding hydrogens is 308 g/mol. The third-order valence-corrected chi connectivity index (χ3v) is 4.14. The van der Waals surface area contributed by atoms with Gasteiger partial charge in [0.05, 0.1) is 13.2 Å². The van der Waals surface area contributed by atoms with E-state index in [-0.39, 0.29) is 11.9 Å². The van der Waals surface area contributed by atoms with Crippen LogP contribution >= 0.6 is 0 Å². The summed E-state index contributed by atoms with van der Waals surface area (Å²) in [7, 11) is 3.38. The second-order valence-corrected chi connectivity index (χ2v) is 5.88. The van der Waals surface area contributed by atoms with E-state index in [1.807, 2.05) is 18.2 Å². The van der Waals surface area contributed by atoms with Crippen LogP contribution in [-0.2, 0) is 28.9 Å². The fourth-order valence-corrected chi connectivity index (χ4v) is 2.88. The number of carbonyl (C=O) groups excluding carboxylic acids is 1. The topological polar surface area (TPSA) is 80.5 Å². The number of methoxy groups -OCH3 is 1. The molecule has 0 unspecified atom stereocenters. The summed E-state index contributed by atoms with van der Waals surface area (Å²) < 4.78 is 10.2. The molecule has 0 saturated carbocycles. The van der Waals surface area contributed by atoms with Crippen LogP contribution in [-0.4, -0.2) is 48.3 Å². The Labute approximate surface area is 141 Å². The van der Waals surface area contributed by atoms with Gasteiger partial charge in [-0.1, -0.05) is 29.4 Å². The highest BCUT2D eigenvalue weighted by molar-refractivity contribution is 5.83. The van der Waals surface area contributed by atoms with Gasteiger partial charge in [-0.25, -0.2) is 0 Å². The highest BCUT2D eigenvalue weighted by atomic mass is 16.5. The Morgan fingerprint density at radius 2 is 2.29 bits per heavy atom. The number of nitrogens with one attached hydrogen (secondary N) is 1. The van der Waals surface area contributed by atoms with Crippen LogP contribution in [0, 0.1) is 0 Å². The zero-order chi connectivity index (χ0) is 16.9. The molecular formula is C17H22N4O3. The standard InChI is InChI=1S/C17H22N4O3/c1-21(11-15-19-14(20-24-15)8-10-23-2)17(22)16-13-6-4-3-5-12(13)7-9-18-16/h3-6,16,18H,7-11H2,1-2H3/t16-/m1/s1. The maximum Gasteiger partial charge on any atom is 0.246 e. The molecule has 1 atom stereocenters. The molecule has 0 fully saturated rings. The van der Waals surface area contributed by atoms with Crippen molar-refractivity contribution in [1.82, 2.24) is 20.4 Å². The van der Waals surface area contributed by atoms with E-state index in [0.29, 0.717) is 31.3 Å². The number of hydrogen-bond donors (Lipinski definition) is 1. The third-order valence-electron chi connectivity index (χ3n) is 4.14. The van der Waals surface area contributed by atoms with Gasteiger partial charge < -0.3 is 19.5 Å². The maximum atomic E-state index is 12.8. The van der Waals surface area contributed by atoms with E-state index in [1.165, 1.54) is 5.56 Å². The Bertz CT molecular complexity index is 701. The average Bonchev–Trinajstić information content (AvgIpc) is 3.06. The molecule has 0 spiro atoms. The second kappa shape index (κ2) is 7.55. The van der Waals surface area contributed by atoms with Crippen molar-refractivity contribution in [3.63, 3.8) is 0 Å². The first-order valence-corrected chi connectivity index (χ1v) is 8.05. The quantitative estimate of drug-likeness (QED) is 0.854. The molecule has 1 amide bonds. The number of rotatable bonds is 6. The van der Waals surface area contributed by atoms with Crippen molar-refractivity contribution in [3.05, 3.63) is 47.1 Å². The van der Waals surface area contributed by atoms with Crippen LogP contribution in [0.2, 0.25) is 0 Å². The van der Waals surface area contributed by atoms with Crippen LogP contribution in [0.15, 0.2) is 28.8 Å². The minimum atomic E-state index is -0.323. The zero-order valence-electron chi connectivity index (χ0n) is 14.0. The van der Waals surface area contributed by atoms with E-state index < -0.39 is 0 Å². The summed E-state index contributed by atoms with van der Waals surface area (Å²) in [6.45, 7) is 1.62. The van der Waals surface area contributed by atoms with Gasteiger partial charge in [0.1, 0.15) is 6.04 Å². The van der Waals surface area contributed by atoms with E-state index in [1.54, 1.807) is 19.1 Å². The van der Waals surface area contributed by atoms with Gasteiger partial charge in [-0.2, -0.15) is 4.98 Å². The lowest BCUT2D eigenvalue weighted by Gasteiger charge is -2.29. The fourth-order valence-electron chi connectivity index (χ4n) is 2.88. The number of amides is 1. The molecule has 0 saturated heterocycles. The van der Waals surface area contributed by atoms with E-state index in [2.05, 4.69) is 21.5 Å². The molecule has 1 aromatic heterocycles. The zero-order valence-corrected chi connectivity index (χ0v) is 14.0. The van der Waals surface area contributed by atoms with Crippen LogP contribution in [0.5, 0.6) is 0 Å². The first kappa shape index (κ1) is 16.6. The predicted molar refractivity (Wildman–Crippen MR) is 87.2 cm³/mol. The highest BCUT2D eigenvalue weighted by Crippen LogP contribution is 2.24. The number of likely N-dealkylation sites (N-methyl/N-ethyl adjacent to an activating group) is 1. The molecule has 1 N–H and O–H groups in total. The summed E-state index contributed by atoms with van der Waals surface area (Å²) in [5.41, 5.74) is 2.27. The van der Waals surface area contributed by atoms with Crippen LogP contribution in [0.4, 0.5) is 0 Å². The molecule has 1 aliphatic rings. The van der Waals surface area contributed by atoms with Gasteiger partial charge in [0, 0.05) is 27.1 Å². The summed E-state index contributed by atoms with van der Waals surface area (Å²) >= 11 is 0. The van der Waals surface area contributed by atoms with E-state index in [0.717, 1.165) is 18.5 Å². The molecule has 0 aliphatic carbocycles. The molecule has 128 valence electrons. The van der Waals surface area contributed by atoms with Crippen molar-refractivity contribution in [3.8, 4) is 0 Å². The Balaban J connectivity index is 1.66. The summed E-state index contributed by atoms with van der Waals surface area (Å²) in [4.78, 5) is 18.7. The van der Waals surface area contributed by atoms with Crippen LogP contribution in [0.3, 0.4) is 0 Å². The normalized spacial score (nSPS) is 16.7. The Morgan fingerprint density at radius 3 is 3.12 bits per heavy atom. The van der Waals surface area contributed by atoms with Gasteiger partial charge in [-0.05, 0) is 17.5 Å². The lowest BCUT2D eigenvalue weighted by atomic mass is 9.93. The number of aromatic nitrogens is 2.